The molecule has 2 unspecified atom stereocenters. The van der Waals surface area contributed by atoms with Crippen molar-refractivity contribution in [1.29, 1.82) is 5.26 Å². The van der Waals surface area contributed by atoms with Crippen LogP contribution in [0.15, 0.2) is 24.7 Å². The molecule has 0 aromatic heterocycles. The normalized spacial score (nSPS) is 33.8. The number of rotatable bonds is 9. The Labute approximate surface area is 183 Å². The molecular weight excluding hydrogens is 522 g/mol. The molecule has 0 aromatic carbocycles. The van der Waals surface area contributed by atoms with Crippen molar-refractivity contribution in [2.24, 2.45) is 0 Å². The molecule has 1 amide bonds. The summed E-state index contributed by atoms with van der Waals surface area (Å²) in [6, 6.07) is 1.29. The van der Waals surface area contributed by atoms with Crippen molar-refractivity contribution in [3.05, 3.63) is 24.7 Å². The molecule has 33 heavy (non-hydrogen) atoms. The molecule has 186 valence electrons. The zero-order valence-electron chi connectivity index (χ0n) is 16.0. The highest BCUT2D eigenvalue weighted by molar-refractivity contribution is 7.66. The van der Waals surface area contributed by atoms with Crippen LogP contribution in [0.25, 0.3) is 0 Å². The third-order valence-corrected chi connectivity index (χ3v) is 7.93. The number of alkyl halides is 1. The van der Waals surface area contributed by atoms with Crippen molar-refractivity contribution in [2.75, 3.05) is 13.3 Å². The molecule has 2 aliphatic heterocycles. The van der Waals surface area contributed by atoms with Crippen LogP contribution in [0.3, 0.4) is 0 Å². The predicted octanol–water partition coefficient (Wildman–Crippen LogP) is -1.57. The summed E-state index contributed by atoms with van der Waals surface area (Å²) in [7, 11) is -17.3. The maximum absolute atomic E-state index is 14.0. The van der Waals surface area contributed by atoms with Crippen molar-refractivity contribution in [2.45, 2.75) is 23.5 Å². The summed E-state index contributed by atoms with van der Waals surface area (Å²) in [5, 5.41) is 32.7. The molecule has 7 N–H and O–H groups in total. The van der Waals surface area contributed by atoms with Crippen LogP contribution in [0.1, 0.15) is 0 Å². The van der Waals surface area contributed by atoms with Crippen LogP contribution in [0.4, 0.5) is 4.39 Å². The molecule has 2 aliphatic rings. The number of aliphatic hydroxyl groups is 2. The van der Waals surface area contributed by atoms with E-state index in [2.05, 4.69) is 25.0 Å². The summed E-state index contributed by atoms with van der Waals surface area (Å²) < 4.78 is 64.4. The number of aliphatic hydroxyl groups excluding tert-OH is 1. The molecule has 2 heterocycles. The van der Waals surface area contributed by atoms with Crippen molar-refractivity contribution in [1.82, 2.24) is 10.2 Å². The fourth-order valence-electron chi connectivity index (χ4n) is 2.75. The summed E-state index contributed by atoms with van der Waals surface area (Å²) in [5.41, 5.74) is -5.71. The number of phosphoric ester groups is 1. The molecule has 1 saturated heterocycles. The van der Waals surface area contributed by atoms with Crippen LogP contribution in [0, 0.1) is 11.3 Å². The number of nitriles is 1. The van der Waals surface area contributed by atoms with Crippen LogP contribution in [0.2, 0.25) is 0 Å². The largest absolute Gasteiger partial charge is 0.490 e. The van der Waals surface area contributed by atoms with E-state index in [1.165, 1.54) is 6.07 Å². The van der Waals surface area contributed by atoms with Gasteiger partial charge in [0.1, 0.15) is 24.7 Å². The van der Waals surface area contributed by atoms with Gasteiger partial charge in [0.05, 0.1) is 6.61 Å². The van der Waals surface area contributed by atoms with Gasteiger partial charge in [0.2, 0.25) is 5.60 Å². The Balaban J connectivity index is 2.28. The van der Waals surface area contributed by atoms with E-state index in [4.69, 9.17) is 19.4 Å². The number of carbonyl (C=O) groups excluding carboxylic acids is 1. The second-order valence-electron chi connectivity index (χ2n) is 6.53. The summed E-state index contributed by atoms with van der Waals surface area (Å²) in [4.78, 5) is 47.9. The lowest BCUT2D eigenvalue weighted by molar-refractivity contribution is -0.145. The SMILES string of the molecule is C=C1NC(=O)C=CN1[C@@H]1O[C@](CF)(COP(=O)(O)OP(=O)(O)OP(=O)(O)O)[C@@H](O)[C@]1(O)C#N. The monoisotopic (exact) mass is 539 g/mol. The molecule has 1 fully saturated rings. The Hall–Kier alpha value is -1.54. The summed E-state index contributed by atoms with van der Waals surface area (Å²) in [6.45, 7) is 0.153. The third-order valence-electron chi connectivity index (χ3n) is 4.15. The molecule has 0 saturated carbocycles. The van der Waals surface area contributed by atoms with Gasteiger partial charge >= 0.3 is 23.5 Å². The van der Waals surface area contributed by atoms with Gasteiger partial charge in [-0.2, -0.15) is 13.9 Å². The lowest BCUT2D eigenvalue weighted by Crippen LogP contribution is -2.56. The molecule has 21 heteroatoms. The van der Waals surface area contributed by atoms with Crippen LogP contribution >= 0.6 is 23.5 Å². The van der Waals surface area contributed by atoms with E-state index in [0.29, 0.717) is 0 Å². The van der Waals surface area contributed by atoms with E-state index in [-0.39, 0.29) is 5.82 Å². The molecule has 2 rings (SSSR count). The van der Waals surface area contributed by atoms with Crippen molar-refractivity contribution in [3.8, 4) is 6.07 Å². The fourth-order valence-corrected chi connectivity index (χ4v) is 5.83. The number of ether oxygens (including phenoxy) is 1. The number of carbonyl (C=O) groups is 1. The highest BCUT2D eigenvalue weighted by Gasteiger charge is 2.67. The summed E-state index contributed by atoms with van der Waals surface area (Å²) >= 11 is 0. The first-order valence-corrected chi connectivity index (χ1v) is 12.7. The van der Waals surface area contributed by atoms with Gasteiger partial charge in [-0.05, 0) is 0 Å². The molecule has 17 nitrogen and oxygen atoms in total. The Morgan fingerprint density at radius 1 is 1.27 bits per heavy atom. The van der Waals surface area contributed by atoms with Gasteiger partial charge in [-0.15, -0.1) is 0 Å². The molecule has 0 aromatic rings. The first kappa shape index (κ1) is 27.7. The smallest absolute Gasteiger partial charge is 0.386 e. The highest BCUT2D eigenvalue weighted by Crippen LogP contribution is 2.66. The zero-order valence-corrected chi connectivity index (χ0v) is 18.7. The van der Waals surface area contributed by atoms with E-state index >= 15 is 0 Å². The van der Waals surface area contributed by atoms with E-state index in [9.17, 15) is 43.2 Å². The molecule has 0 aliphatic carbocycles. The standard InChI is InChI=1S/C12H17FN3O14P3/c1-7-15-8(17)2-3-16(7)10-12(19,5-14)9(18)11(4-13,28-10)6-27-32(23,24)30-33(25,26)29-31(20,21)22/h2-3,9-10,18-19H,1,4,6H2,(H,15,17)(H,23,24)(H,25,26)(H2,20,21,22)/t9-,10-,11-,12-/m1/s1. The second-order valence-corrected chi connectivity index (χ2v) is 11.0. The van der Waals surface area contributed by atoms with Crippen LogP contribution in [0.5, 0.6) is 0 Å². The lowest BCUT2D eigenvalue weighted by atomic mass is 9.88. The number of phosphoric acid groups is 3. The third kappa shape index (κ3) is 6.13. The Bertz CT molecular complexity index is 1040. The van der Waals surface area contributed by atoms with Gasteiger partial charge in [-0.25, -0.2) is 18.1 Å². The molecule has 6 atom stereocenters. The van der Waals surface area contributed by atoms with E-state index < -0.39 is 66.2 Å². The minimum Gasteiger partial charge on any atom is -0.386 e. The molecule has 0 bridgehead atoms. The Kier molecular flexibility index (Phi) is 7.77. The van der Waals surface area contributed by atoms with Crippen molar-refractivity contribution < 1.29 is 70.5 Å². The number of amides is 1. The van der Waals surface area contributed by atoms with Gasteiger partial charge < -0.3 is 44.7 Å². The van der Waals surface area contributed by atoms with Gasteiger partial charge in [0.25, 0.3) is 5.91 Å². The summed E-state index contributed by atoms with van der Waals surface area (Å²) in [5.74, 6) is -0.921. The van der Waals surface area contributed by atoms with E-state index in [0.717, 1.165) is 17.2 Å². The zero-order chi connectivity index (χ0) is 25.5. The van der Waals surface area contributed by atoms with Gasteiger partial charge in [-0.3, -0.25) is 9.32 Å². The second kappa shape index (κ2) is 9.25. The van der Waals surface area contributed by atoms with Crippen LogP contribution < -0.4 is 5.32 Å². The van der Waals surface area contributed by atoms with Gasteiger partial charge in [-0.1, -0.05) is 6.58 Å². The number of hydrogen-bond donors (Lipinski definition) is 7. The van der Waals surface area contributed by atoms with E-state index in [1.54, 1.807) is 0 Å². The molecular formula is C12H17FN3O14P3. The minimum atomic E-state index is -5.89. The first-order chi connectivity index (χ1) is 14.9. The summed E-state index contributed by atoms with van der Waals surface area (Å²) in [6.07, 6.45) is -2.57. The first-order valence-electron chi connectivity index (χ1n) is 8.20. The number of hydrogen-bond acceptors (Lipinski definition) is 12. The van der Waals surface area contributed by atoms with Crippen LogP contribution in [-0.4, -0.2) is 77.4 Å². The Morgan fingerprint density at radius 2 is 1.88 bits per heavy atom. The van der Waals surface area contributed by atoms with Crippen molar-refractivity contribution >= 4 is 29.4 Å². The molecule has 0 spiro atoms. The quantitative estimate of drug-likeness (QED) is 0.129. The fraction of sp³-hybridized carbons (Fsp3) is 0.500. The maximum Gasteiger partial charge on any atom is 0.490 e. The molecule has 0 radical (unpaired) electrons. The average molecular weight is 539 g/mol. The average Bonchev–Trinajstić information content (AvgIpc) is 2.86. The minimum absolute atomic E-state index is 0.268. The lowest BCUT2D eigenvalue weighted by Gasteiger charge is -2.35. The van der Waals surface area contributed by atoms with Gasteiger partial charge in [0.15, 0.2) is 11.8 Å². The number of nitrogens with one attached hydrogen (secondary N) is 1. The number of nitrogens with zero attached hydrogens (tertiary/aromatic N) is 2. The Morgan fingerprint density at radius 3 is 2.36 bits per heavy atom. The van der Waals surface area contributed by atoms with Crippen LogP contribution in [-0.2, 0) is 36.4 Å². The topological polar surface area (TPSA) is 266 Å². The number of halogens is 1. The van der Waals surface area contributed by atoms with Gasteiger partial charge in [0, 0.05) is 12.3 Å². The maximum atomic E-state index is 14.0. The van der Waals surface area contributed by atoms with E-state index in [1.807, 2.05) is 0 Å². The van der Waals surface area contributed by atoms with Crippen molar-refractivity contribution in [3.63, 3.8) is 0 Å². The predicted molar refractivity (Wildman–Crippen MR) is 98.2 cm³/mol. The highest BCUT2D eigenvalue weighted by atomic mass is 31.3.